The van der Waals surface area contributed by atoms with E-state index in [9.17, 15) is 13.2 Å². The Hall–Kier alpha value is -2.42. The molecule has 2 aromatic rings. The fraction of sp³-hybridized carbons (Fsp3) is 0.435. The molecule has 0 aromatic heterocycles. The minimum absolute atomic E-state index is 0.194. The molecule has 0 saturated carbocycles. The average Bonchev–Trinajstić information content (AvgIpc) is 2.79. The van der Waals surface area contributed by atoms with Crippen LogP contribution in [0.15, 0.2) is 53.4 Å². The lowest BCUT2D eigenvalue weighted by molar-refractivity contribution is -0.122. The topological polar surface area (TPSA) is 84.9 Å². The van der Waals surface area contributed by atoms with Gasteiger partial charge < -0.3 is 14.8 Å². The summed E-state index contributed by atoms with van der Waals surface area (Å²) in [5, 5.41) is 2.79. The fourth-order valence-corrected chi connectivity index (χ4v) is 4.76. The molecule has 3 rings (SSSR count). The van der Waals surface area contributed by atoms with Crippen molar-refractivity contribution >= 4 is 21.6 Å². The Morgan fingerprint density at radius 1 is 1.10 bits per heavy atom. The lowest BCUT2D eigenvalue weighted by Crippen LogP contribution is -2.40. The van der Waals surface area contributed by atoms with Crippen LogP contribution in [0.2, 0.25) is 0 Å². The molecule has 0 spiro atoms. The van der Waals surface area contributed by atoms with Gasteiger partial charge in [0.05, 0.1) is 18.1 Å². The zero-order valence-corrected chi connectivity index (χ0v) is 19.0. The summed E-state index contributed by atoms with van der Waals surface area (Å²) in [6, 6.07) is 13.9. The van der Waals surface area contributed by atoms with Gasteiger partial charge in [0.2, 0.25) is 10.0 Å². The molecule has 2 atom stereocenters. The van der Waals surface area contributed by atoms with E-state index >= 15 is 0 Å². The summed E-state index contributed by atoms with van der Waals surface area (Å²) < 4.78 is 38.0. The number of carbonyl (C=O) groups excluding carboxylic acids is 1. The highest BCUT2D eigenvalue weighted by Gasteiger charge is 2.26. The number of hydrogen-bond acceptors (Lipinski definition) is 5. The van der Waals surface area contributed by atoms with Crippen molar-refractivity contribution in [1.82, 2.24) is 4.31 Å². The molecule has 1 saturated heterocycles. The number of benzene rings is 2. The van der Waals surface area contributed by atoms with Crippen molar-refractivity contribution in [2.75, 3.05) is 31.6 Å². The summed E-state index contributed by atoms with van der Waals surface area (Å²) in [5.41, 5.74) is 1.58. The van der Waals surface area contributed by atoms with Crippen molar-refractivity contribution in [3.05, 3.63) is 54.1 Å². The molecule has 2 aromatic carbocycles. The maximum atomic E-state index is 12.7. The molecule has 1 heterocycles. The first-order chi connectivity index (χ1) is 14.8. The Balaban J connectivity index is 1.64. The Morgan fingerprint density at radius 2 is 1.74 bits per heavy atom. The smallest absolute Gasteiger partial charge is 0.265 e. The van der Waals surface area contributed by atoms with Crippen molar-refractivity contribution in [2.24, 2.45) is 0 Å². The van der Waals surface area contributed by atoms with Crippen LogP contribution in [0, 0.1) is 0 Å². The van der Waals surface area contributed by atoms with Gasteiger partial charge in [0.15, 0.2) is 6.10 Å². The number of nitrogens with zero attached hydrogens (tertiary/aromatic N) is 1. The monoisotopic (exact) mass is 446 g/mol. The maximum Gasteiger partial charge on any atom is 0.265 e. The molecular weight excluding hydrogens is 416 g/mol. The van der Waals surface area contributed by atoms with Crippen molar-refractivity contribution in [3.63, 3.8) is 0 Å². The highest BCUT2D eigenvalue weighted by atomic mass is 32.2. The van der Waals surface area contributed by atoms with E-state index in [0.717, 1.165) is 12.0 Å². The minimum Gasteiger partial charge on any atom is -0.481 e. The Bertz CT molecular complexity index is 985. The fourth-order valence-electron chi connectivity index (χ4n) is 3.35. The third-order valence-electron chi connectivity index (χ3n) is 5.46. The van der Waals surface area contributed by atoms with Gasteiger partial charge in [-0.15, -0.1) is 0 Å². The van der Waals surface area contributed by atoms with Gasteiger partial charge in [0, 0.05) is 18.8 Å². The normalized spacial score (nSPS) is 17.0. The van der Waals surface area contributed by atoms with Crippen LogP contribution < -0.4 is 10.1 Å². The van der Waals surface area contributed by atoms with Gasteiger partial charge in [-0.2, -0.15) is 4.31 Å². The molecule has 2 unspecified atom stereocenters. The lowest BCUT2D eigenvalue weighted by atomic mass is 9.98. The number of amides is 1. The zero-order chi connectivity index (χ0) is 22.4. The van der Waals surface area contributed by atoms with Crippen molar-refractivity contribution in [2.45, 2.75) is 44.1 Å². The van der Waals surface area contributed by atoms with Crippen molar-refractivity contribution < 1.29 is 22.7 Å². The molecule has 0 aliphatic carbocycles. The number of anilines is 1. The van der Waals surface area contributed by atoms with E-state index in [1.807, 2.05) is 24.3 Å². The van der Waals surface area contributed by atoms with E-state index in [2.05, 4.69) is 19.2 Å². The summed E-state index contributed by atoms with van der Waals surface area (Å²) in [4.78, 5) is 12.8. The van der Waals surface area contributed by atoms with E-state index in [4.69, 9.17) is 9.47 Å². The van der Waals surface area contributed by atoms with Gasteiger partial charge in [-0.25, -0.2) is 8.42 Å². The molecule has 1 aliphatic heterocycles. The number of sulfonamides is 1. The van der Waals surface area contributed by atoms with Crippen LogP contribution in [-0.2, 0) is 19.6 Å². The molecule has 1 aliphatic rings. The van der Waals surface area contributed by atoms with Crippen LogP contribution in [0.3, 0.4) is 0 Å². The quantitative estimate of drug-likeness (QED) is 0.669. The van der Waals surface area contributed by atoms with E-state index in [1.54, 1.807) is 19.1 Å². The molecule has 1 fully saturated rings. The Morgan fingerprint density at radius 3 is 2.39 bits per heavy atom. The first-order valence-electron chi connectivity index (χ1n) is 10.6. The highest BCUT2D eigenvalue weighted by molar-refractivity contribution is 7.89. The molecule has 7 nitrogen and oxygen atoms in total. The van der Waals surface area contributed by atoms with E-state index in [-0.39, 0.29) is 10.8 Å². The van der Waals surface area contributed by atoms with E-state index in [1.165, 1.54) is 16.4 Å². The highest BCUT2D eigenvalue weighted by Crippen LogP contribution is 2.29. The molecular formula is C23H30N2O5S. The minimum atomic E-state index is -3.56. The van der Waals surface area contributed by atoms with Crippen LogP contribution in [0.25, 0.3) is 0 Å². The summed E-state index contributed by atoms with van der Waals surface area (Å²) in [7, 11) is -3.56. The third-order valence-corrected chi connectivity index (χ3v) is 7.38. The number of para-hydroxylation sites is 1. The number of hydrogen-bond donors (Lipinski definition) is 1. The molecule has 1 amide bonds. The summed E-state index contributed by atoms with van der Waals surface area (Å²) in [5.74, 6) is 0.724. The SMILES string of the molecule is CCC(C)c1ccccc1OC(C)C(=O)Nc1ccc(S(=O)(=O)N2CCOCC2)cc1. The van der Waals surface area contributed by atoms with Gasteiger partial charge in [-0.1, -0.05) is 32.0 Å². The second-order valence-corrected chi connectivity index (χ2v) is 9.58. The Labute approximate surface area is 184 Å². The second kappa shape index (κ2) is 10.3. The average molecular weight is 447 g/mol. The molecule has 0 bridgehead atoms. The van der Waals surface area contributed by atoms with Gasteiger partial charge in [0.1, 0.15) is 5.75 Å². The van der Waals surface area contributed by atoms with Gasteiger partial charge in [-0.05, 0) is 55.2 Å². The maximum absolute atomic E-state index is 12.7. The van der Waals surface area contributed by atoms with E-state index in [0.29, 0.717) is 43.7 Å². The number of ether oxygens (including phenoxy) is 2. The summed E-state index contributed by atoms with van der Waals surface area (Å²) >= 11 is 0. The third kappa shape index (κ3) is 5.64. The summed E-state index contributed by atoms with van der Waals surface area (Å²) in [6.07, 6.45) is 0.266. The van der Waals surface area contributed by atoms with Crippen molar-refractivity contribution in [3.8, 4) is 5.75 Å². The standard InChI is InChI=1S/C23H30N2O5S/c1-4-17(2)21-7-5-6-8-22(21)30-18(3)23(26)24-19-9-11-20(12-10-19)31(27,28)25-13-15-29-16-14-25/h5-12,17-18H,4,13-16H2,1-3H3,(H,24,26). The predicted octanol–water partition coefficient (Wildman–Crippen LogP) is 3.63. The number of rotatable bonds is 8. The van der Waals surface area contributed by atoms with Crippen LogP contribution in [0.5, 0.6) is 5.75 Å². The van der Waals surface area contributed by atoms with Crippen molar-refractivity contribution in [1.29, 1.82) is 0 Å². The van der Waals surface area contributed by atoms with Crippen LogP contribution in [0.1, 0.15) is 38.7 Å². The van der Waals surface area contributed by atoms with Crippen LogP contribution >= 0.6 is 0 Å². The zero-order valence-electron chi connectivity index (χ0n) is 18.2. The number of nitrogens with one attached hydrogen (secondary N) is 1. The van der Waals surface area contributed by atoms with Crippen LogP contribution in [0.4, 0.5) is 5.69 Å². The molecule has 8 heteroatoms. The first-order valence-corrected chi connectivity index (χ1v) is 12.0. The Kier molecular flexibility index (Phi) is 7.69. The molecule has 168 valence electrons. The second-order valence-electron chi connectivity index (χ2n) is 7.64. The largest absolute Gasteiger partial charge is 0.481 e. The summed E-state index contributed by atoms with van der Waals surface area (Å²) in [6.45, 7) is 7.40. The van der Waals surface area contributed by atoms with Gasteiger partial charge in [0.25, 0.3) is 5.91 Å². The molecule has 0 radical (unpaired) electrons. The van der Waals surface area contributed by atoms with Crippen LogP contribution in [-0.4, -0.2) is 51.0 Å². The molecule has 1 N–H and O–H groups in total. The molecule has 31 heavy (non-hydrogen) atoms. The van der Waals surface area contributed by atoms with Gasteiger partial charge in [-0.3, -0.25) is 4.79 Å². The van der Waals surface area contributed by atoms with Gasteiger partial charge >= 0.3 is 0 Å². The van der Waals surface area contributed by atoms with E-state index < -0.39 is 16.1 Å². The number of carbonyl (C=O) groups is 1. The number of morpholine rings is 1. The lowest BCUT2D eigenvalue weighted by Gasteiger charge is -2.26. The first kappa shape index (κ1) is 23.2. The predicted molar refractivity (Wildman–Crippen MR) is 120 cm³/mol.